The van der Waals surface area contributed by atoms with E-state index in [-0.39, 0.29) is 6.54 Å². The van der Waals surface area contributed by atoms with Crippen LogP contribution < -0.4 is 0 Å². The van der Waals surface area contributed by atoms with Crippen molar-refractivity contribution in [2.45, 2.75) is 32.2 Å². The Hall–Kier alpha value is -1.35. The van der Waals surface area contributed by atoms with Crippen molar-refractivity contribution in [3.8, 4) is 0 Å². The average Bonchev–Trinajstić information content (AvgIpc) is 2.71. The van der Waals surface area contributed by atoms with Crippen LogP contribution in [0.5, 0.6) is 0 Å². The monoisotopic (exact) mass is 233 g/mol. The van der Waals surface area contributed by atoms with Crippen LogP contribution >= 0.6 is 0 Å². The zero-order chi connectivity index (χ0) is 12.3. The quantitative estimate of drug-likeness (QED) is 0.849. The Morgan fingerprint density at radius 1 is 1.47 bits per heavy atom. The minimum absolute atomic E-state index is 0.146. The number of carboxylic acids is 1. The molecule has 0 aliphatic heterocycles. The van der Waals surface area contributed by atoms with Gasteiger partial charge in [-0.3, -0.25) is 9.69 Å². The average molecular weight is 233 g/mol. The standard InChI is InChI=1S/C14H19NO2/c1-2-9-15(10-14(16)17)13-8-7-11-5-3-4-6-12(11)13/h3-6,13H,2,7-10H2,1H3,(H,16,17). The van der Waals surface area contributed by atoms with Crippen LogP contribution in [0.25, 0.3) is 0 Å². The number of fused-ring (bicyclic) bond motifs is 1. The number of carbonyl (C=O) groups is 1. The van der Waals surface area contributed by atoms with Crippen LogP contribution in [-0.2, 0) is 11.2 Å². The van der Waals surface area contributed by atoms with Crippen LogP contribution in [0.15, 0.2) is 24.3 Å². The molecule has 17 heavy (non-hydrogen) atoms. The number of aliphatic carboxylic acids is 1. The summed E-state index contributed by atoms with van der Waals surface area (Å²) in [6.45, 7) is 3.09. The third kappa shape index (κ3) is 2.67. The third-order valence-corrected chi connectivity index (χ3v) is 3.39. The molecule has 0 spiro atoms. The van der Waals surface area contributed by atoms with Crippen LogP contribution in [0.2, 0.25) is 0 Å². The van der Waals surface area contributed by atoms with Crippen molar-refractivity contribution in [2.24, 2.45) is 0 Å². The van der Waals surface area contributed by atoms with Gasteiger partial charge in [0.15, 0.2) is 0 Å². The van der Waals surface area contributed by atoms with E-state index >= 15 is 0 Å². The third-order valence-electron chi connectivity index (χ3n) is 3.39. The van der Waals surface area contributed by atoms with Crippen molar-refractivity contribution < 1.29 is 9.90 Å². The van der Waals surface area contributed by atoms with E-state index in [1.165, 1.54) is 11.1 Å². The van der Waals surface area contributed by atoms with Gasteiger partial charge >= 0.3 is 5.97 Å². The summed E-state index contributed by atoms with van der Waals surface area (Å²) in [5.41, 5.74) is 2.70. The molecule has 92 valence electrons. The molecule has 3 heteroatoms. The molecule has 0 radical (unpaired) electrons. The topological polar surface area (TPSA) is 40.5 Å². The highest BCUT2D eigenvalue weighted by atomic mass is 16.4. The Bertz CT molecular complexity index is 403. The number of benzene rings is 1. The van der Waals surface area contributed by atoms with Gasteiger partial charge in [-0.25, -0.2) is 0 Å². The summed E-state index contributed by atoms with van der Waals surface area (Å²) in [6.07, 6.45) is 3.11. The molecule has 3 nitrogen and oxygen atoms in total. The smallest absolute Gasteiger partial charge is 0.317 e. The van der Waals surface area contributed by atoms with E-state index in [9.17, 15) is 4.79 Å². The van der Waals surface area contributed by atoms with E-state index in [1.807, 2.05) is 6.07 Å². The van der Waals surface area contributed by atoms with Gasteiger partial charge in [0.25, 0.3) is 0 Å². The molecule has 0 saturated carbocycles. The van der Waals surface area contributed by atoms with Crippen molar-refractivity contribution in [1.29, 1.82) is 0 Å². The first-order chi connectivity index (χ1) is 8.22. The second-order valence-electron chi connectivity index (χ2n) is 4.62. The van der Waals surface area contributed by atoms with Gasteiger partial charge in [-0.2, -0.15) is 0 Å². The molecule has 1 unspecified atom stereocenters. The van der Waals surface area contributed by atoms with Crippen molar-refractivity contribution in [3.63, 3.8) is 0 Å². The first-order valence-electron chi connectivity index (χ1n) is 6.26. The second kappa shape index (κ2) is 5.32. The largest absolute Gasteiger partial charge is 0.480 e. The van der Waals surface area contributed by atoms with Gasteiger partial charge < -0.3 is 5.11 Å². The van der Waals surface area contributed by atoms with Gasteiger partial charge in [0.2, 0.25) is 0 Å². The summed E-state index contributed by atoms with van der Waals surface area (Å²) in [7, 11) is 0. The Morgan fingerprint density at radius 2 is 2.24 bits per heavy atom. The van der Waals surface area contributed by atoms with E-state index in [1.54, 1.807) is 0 Å². The Kier molecular flexibility index (Phi) is 3.79. The molecular formula is C14H19NO2. The molecule has 1 aromatic carbocycles. The molecule has 1 aromatic rings. The summed E-state index contributed by atoms with van der Waals surface area (Å²) in [5.74, 6) is -0.733. The summed E-state index contributed by atoms with van der Waals surface area (Å²) < 4.78 is 0. The lowest BCUT2D eigenvalue weighted by molar-refractivity contribution is -0.139. The molecule has 0 aromatic heterocycles. The van der Waals surface area contributed by atoms with Gasteiger partial charge in [-0.1, -0.05) is 31.2 Å². The van der Waals surface area contributed by atoms with Crippen molar-refractivity contribution in [1.82, 2.24) is 4.90 Å². The van der Waals surface area contributed by atoms with Crippen LogP contribution in [0.4, 0.5) is 0 Å². The van der Waals surface area contributed by atoms with Gasteiger partial charge in [0, 0.05) is 6.04 Å². The maximum absolute atomic E-state index is 10.9. The SMILES string of the molecule is CCCN(CC(=O)O)C1CCc2ccccc21. The van der Waals surface area contributed by atoms with E-state index in [4.69, 9.17) is 5.11 Å². The minimum atomic E-state index is -0.733. The number of rotatable bonds is 5. The first kappa shape index (κ1) is 12.1. The predicted octanol–water partition coefficient (Wildman–Crippen LogP) is 2.47. The predicted molar refractivity (Wildman–Crippen MR) is 67.0 cm³/mol. The molecule has 1 atom stereocenters. The summed E-state index contributed by atoms with van der Waals surface area (Å²) in [4.78, 5) is 13.0. The normalized spacial score (nSPS) is 18.4. The summed E-state index contributed by atoms with van der Waals surface area (Å²) in [5, 5.41) is 8.98. The van der Waals surface area contributed by atoms with E-state index in [2.05, 4.69) is 30.0 Å². The molecule has 2 rings (SSSR count). The van der Waals surface area contributed by atoms with Crippen molar-refractivity contribution >= 4 is 5.97 Å². The molecule has 1 aliphatic carbocycles. The van der Waals surface area contributed by atoms with Crippen LogP contribution in [0, 0.1) is 0 Å². The summed E-state index contributed by atoms with van der Waals surface area (Å²) in [6, 6.07) is 8.68. The van der Waals surface area contributed by atoms with Crippen LogP contribution in [0.3, 0.4) is 0 Å². The van der Waals surface area contributed by atoms with Crippen molar-refractivity contribution in [3.05, 3.63) is 35.4 Å². The van der Waals surface area contributed by atoms with Gasteiger partial charge in [0.05, 0.1) is 6.54 Å². The highest BCUT2D eigenvalue weighted by Gasteiger charge is 2.28. The fourth-order valence-corrected chi connectivity index (χ4v) is 2.72. The fraction of sp³-hybridized carbons (Fsp3) is 0.500. The molecule has 0 fully saturated rings. The van der Waals surface area contributed by atoms with Gasteiger partial charge in [-0.15, -0.1) is 0 Å². The molecule has 1 aliphatic rings. The number of hydrogen-bond donors (Lipinski definition) is 1. The first-order valence-corrected chi connectivity index (χ1v) is 6.26. The fourth-order valence-electron chi connectivity index (χ4n) is 2.72. The molecule has 0 bridgehead atoms. The number of hydrogen-bond acceptors (Lipinski definition) is 2. The molecule has 1 N–H and O–H groups in total. The Morgan fingerprint density at radius 3 is 2.94 bits per heavy atom. The van der Waals surface area contributed by atoms with Gasteiger partial charge in [-0.05, 0) is 36.9 Å². The Balaban J connectivity index is 2.18. The van der Waals surface area contributed by atoms with E-state index in [0.29, 0.717) is 6.04 Å². The Labute approximate surface area is 102 Å². The lowest BCUT2D eigenvalue weighted by Crippen LogP contribution is -2.33. The highest BCUT2D eigenvalue weighted by Crippen LogP contribution is 2.35. The second-order valence-corrected chi connectivity index (χ2v) is 4.62. The minimum Gasteiger partial charge on any atom is -0.480 e. The van der Waals surface area contributed by atoms with E-state index in [0.717, 1.165) is 25.8 Å². The maximum atomic E-state index is 10.9. The van der Waals surface area contributed by atoms with Crippen LogP contribution in [0.1, 0.15) is 36.9 Å². The van der Waals surface area contributed by atoms with Crippen LogP contribution in [-0.4, -0.2) is 29.1 Å². The van der Waals surface area contributed by atoms with Crippen molar-refractivity contribution in [2.75, 3.05) is 13.1 Å². The lowest BCUT2D eigenvalue weighted by atomic mass is 10.1. The number of nitrogens with zero attached hydrogens (tertiary/aromatic N) is 1. The lowest BCUT2D eigenvalue weighted by Gasteiger charge is -2.27. The molecular weight excluding hydrogens is 214 g/mol. The zero-order valence-electron chi connectivity index (χ0n) is 10.2. The number of aryl methyl sites for hydroxylation is 1. The highest BCUT2D eigenvalue weighted by molar-refractivity contribution is 5.69. The molecule has 0 amide bonds. The van der Waals surface area contributed by atoms with Gasteiger partial charge in [0.1, 0.15) is 0 Å². The summed E-state index contributed by atoms with van der Waals surface area (Å²) >= 11 is 0. The number of carboxylic acid groups (broad SMARTS) is 1. The van der Waals surface area contributed by atoms with E-state index < -0.39 is 5.97 Å². The molecule has 0 saturated heterocycles. The molecule has 0 heterocycles. The zero-order valence-corrected chi connectivity index (χ0v) is 10.2. The maximum Gasteiger partial charge on any atom is 0.317 e.